The molecule has 0 aliphatic heterocycles. The van der Waals surface area contributed by atoms with Gasteiger partial charge < -0.3 is 0 Å². The van der Waals surface area contributed by atoms with E-state index in [9.17, 15) is 16.8 Å². The van der Waals surface area contributed by atoms with E-state index in [1.54, 1.807) is 6.92 Å². The molecule has 0 aromatic heterocycles. The summed E-state index contributed by atoms with van der Waals surface area (Å²) in [4.78, 5) is -0.799. The standard InChI is InChI=1S/C11H10O6S2.C2H6/c1-7-5-9-8(11(6-7)19(15,16)17)3-2-4-10(9)18(12,13)14;1-2/h2-6H,1H3,(H,12,13,14)(H,15,16,17);1-2H3. The molecule has 0 unspecified atom stereocenters. The monoisotopic (exact) mass is 332 g/mol. The van der Waals surface area contributed by atoms with Gasteiger partial charge in [-0.05, 0) is 30.7 Å². The molecule has 6 nitrogen and oxygen atoms in total. The lowest BCUT2D eigenvalue weighted by Gasteiger charge is -2.08. The molecule has 2 aromatic carbocycles. The number of benzene rings is 2. The van der Waals surface area contributed by atoms with Crippen molar-refractivity contribution in [1.29, 1.82) is 0 Å². The smallest absolute Gasteiger partial charge is 0.282 e. The van der Waals surface area contributed by atoms with Crippen molar-refractivity contribution in [3.05, 3.63) is 35.9 Å². The van der Waals surface area contributed by atoms with Gasteiger partial charge in [-0.2, -0.15) is 16.8 Å². The summed E-state index contributed by atoms with van der Waals surface area (Å²) < 4.78 is 63.4. The van der Waals surface area contributed by atoms with E-state index < -0.39 is 30.0 Å². The summed E-state index contributed by atoms with van der Waals surface area (Å²) >= 11 is 0. The molecule has 0 radical (unpaired) electrons. The van der Waals surface area contributed by atoms with Crippen molar-refractivity contribution < 1.29 is 25.9 Å². The summed E-state index contributed by atoms with van der Waals surface area (Å²) in [5.74, 6) is 0. The van der Waals surface area contributed by atoms with Crippen molar-refractivity contribution in [2.75, 3.05) is 0 Å². The maximum absolute atomic E-state index is 11.3. The molecule has 0 atom stereocenters. The van der Waals surface area contributed by atoms with Crippen molar-refractivity contribution in [1.82, 2.24) is 0 Å². The van der Waals surface area contributed by atoms with Crippen LogP contribution in [0.4, 0.5) is 0 Å². The zero-order chi connectivity index (χ0) is 16.4. The van der Waals surface area contributed by atoms with Crippen LogP contribution in [0, 0.1) is 6.92 Å². The summed E-state index contributed by atoms with van der Waals surface area (Å²) in [5.41, 5.74) is 0.441. The minimum absolute atomic E-state index is 0.0308. The van der Waals surface area contributed by atoms with Crippen LogP contribution in [0.15, 0.2) is 40.1 Å². The van der Waals surface area contributed by atoms with Crippen LogP contribution in [0.2, 0.25) is 0 Å². The van der Waals surface area contributed by atoms with Crippen LogP contribution in [-0.2, 0) is 20.2 Å². The molecule has 0 amide bonds. The average Bonchev–Trinajstić information content (AvgIpc) is 2.37. The van der Waals surface area contributed by atoms with Gasteiger partial charge in [-0.25, -0.2) is 0 Å². The lowest BCUT2D eigenvalue weighted by Crippen LogP contribution is -2.03. The van der Waals surface area contributed by atoms with Crippen LogP contribution in [0.5, 0.6) is 0 Å². The van der Waals surface area contributed by atoms with E-state index in [1.165, 1.54) is 24.3 Å². The molecule has 0 fully saturated rings. The number of hydrogen-bond acceptors (Lipinski definition) is 4. The lowest BCUT2D eigenvalue weighted by molar-refractivity contribution is 0.481. The van der Waals surface area contributed by atoms with Crippen LogP contribution < -0.4 is 0 Å². The van der Waals surface area contributed by atoms with Gasteiger partial charge in [0.25, 0.3) is 20.2 Å². The summed E-state index contributed by atoms with van der Waals surface area (Å²) in [5, 5.41) is 0.0702. The summed E-state index contributed by atoms with van der Waals surface area (Å²) in [6.45, 7) is 5.55. The molecule has 0 heterocycles. The normalized spacial score (nSPS) is 11.9. The van der Waals surface area contributed by atoms with Crippen LogP contribution in [0.25, 0.3) is 10.8 Å². The highest BCUT2D eigenvalue weighted by molar-refractivity contribution is 7.86. The number of fused-ring (bicyclic) bond motifs is 1. The number of hydrogen-bond donors (Lipinski definition) is 2. The van der Waals surface area contributed by atoms with Crippen LogP contribution in [0.3, 0.4) is 0 Å². The van der Waals surface area contributed by atoms with Crippen molar-refractivity contribution in [2.45, 2.75) is 30.6 Å². The minimum Gasteiger partial charge on any atom is -0.282 e. The maximum atomic E-state index is 11.3. The highest BCUT2D eigenvalue weighted by Crippen LogP contribution is 2.29. The first-order chi connectivity index (χ1) is 9.60. The van der Waals surface area contributed by atoms with Gasteiger partial charge in [-0.3, -0.25) is 9.11 Å². The number of aryl methyl sites for hydroxylation is 1. The van der Waals surface area contributed by atoms with E-state index in [-0.39, 0.29) is 10.8 Å². The van der Waals surface area contributed by atoms with Crippen LogP contribution in [0.1, 0.15) is 19.4 Å². The van der Waals surface area contributed by atoms with Crippen LogP contribution >= 0.6 is 0 Å². The summed E-state index contributed by atoms with van der Waals surface area (Å²) in [6.07, 6.45) is 0. The van der Waals surface area contributed by atoms with Crippen molar-refractivity contribution in [3.63, 3.8) is 0 Å². The molecule has 21 heavy (non-hydrogen) atoms. The first-order valence-corrected chi connectivity index (χ1v) is 8.97. The van der Waals surface area contributed by atoms with Gasteiger partial charge in [0, 0.05) is 10.8 Å². The largest absolute Gasteiger partial charge is 0.295 e. The minimum atomic E-state index is -4.49. The second-order valence-electron chi connectivity index (χ2n) is 4.06. The fraction of sp³-hybridized carbons (Fsp3) is 0.231. The summed E-state index contributed by atoms with van der Waals surface area (Å²) in [6, 6.07) is 6.45. The van der Waals surface area contributed by atoms with E-state index >= 15 is 0 Å². The molecular weight excluding hydrogens is 316 g/mol. The first kappa shape index (κ1) is 17.6. The Morgan fingerprint density at radius 3 is 1.81 bits per heavy atom. The fourth-order valence-electron chi connectivity index (χ4n) is 1.90. The Labute approximate surface area is 123 Å². The summed E-state index contributed by atoms with van der Waals surface area (Å²) in [7, 11) is -8.98. The zero-order valence-corrected chi connectivity index (χ0v) is 13.4. The van der Waals surface area contributed by atoms with Crippen molar-refractivity contribution in [2.24, 2.45) is 0 Å². The Morgan fingerprint density at radius 1 is 0.810 bits per heavy atom. The van der Waals surface area contributed by atoms with Gasteiger partial charge in [0.2, 0.25) is 0 Å². The van der Waals surface area contributed by atoms with Crippen LogP contribution in [-0.4, -0.2) is 25.9 Å². The first-order valence-electron chi connectivity index (χ1n) is 6.09. The lowest BCUT2D eigenvalue weighted by atomic mass is 10.1. The molecule has 0 spiro atoms. The Morgan fingerprint density at radius 2 is 1.33 bits per heavy atom. The third-order valence-corrected chi connectivity index (χ3v) is 4.42. The molecule has 0 saturated heterocycles. The molecule has 2 N–H and O–H groups in total. The maximum Gasteiger partial charge on any atom is 0.295 e. The zero-order valence-electron chi connectivity index (χ0n) is 11.7. The molecule has 2 aromatic rings. The highest BCUT2D eigenvalue weighted by atomic mass is 32.2. The highest BCUT2D eigenvalue weighted by Gasteiger charge is 2.20. The molecule has 8 heteroatoms. The molecule has 116 valence electrons. The molecular formula is C13H16O6S2. The molecule has 0 aliphatic rings. The van der Waals surface area contributed by atoms with Gasteiger partial charge in [-0.15, -0.1) is 0 Å². The predicted octanol–water partition coefficient (Wildman–Crippen LogP) is 2.67. The second-order valence-corrected chi connectivity index (χ2v) is 6.84. The van der Waals surface area contributed by atoms with Crippen molar-refractivity contribution >= 4 is 31.0 Å². The van der Waals surface area contributed by atoms with Gasteiger partial charge in [0.1, 0.15) is 9.79 Å². The molecule has 0 aliphatic carbocycles. The van der Waals surface area contributed by atoms with Crippen molar-refractivity contribution in [3.8, 4) is 0 Å². The SMILES string of the molecule is CC.Cc1cc(S(=O)(=O)O)c2cccc(S(=O)(=O)O)c2c1. The van der Waals surface area contributed by atoms with Gasteiger partial charge in [0.15, 0.2) is 0 Å². The average molecular weight is 332 g/mol. The third-order valence-electron chi connectivity index (χ3n) is 2.62. The Kier molecular flexibility index (Phi) is 5.11. The van der Waals surface area contributed by atoms with Gasteiger partial charge >= 0.3 is 0 Å². The van der Waals surface area contributed by atoms with E-state index in [2.05, 4.69) is 0 Å². The topological polar surface area (TPSA) is 109 Å². The Bertz CT molecular complexity index is 867. The Balaban J connectivity index is 0.00000106. The van der Waals surface area contributed by atoms with E-state index in [0.717, 1.165) is 6.07 Å². The molecule has 0 saturated carbocycles. The van der Waals surface area contributed by atoms with Gasteiger partial charge in [-0.1, -0.05) is 26.0 Å². The van der Waals surface area contributed by atoms with E-state index in [0.29, 0.717) is 5.56 Å². The fourth-order valence-corrected chi connectivity index (χ4v) is 3.39. The quantitative estimate of drug-likeness (QED) is 0.818. The molecule has 2 rings (SSSR count). The van der Waals surface area contributed by atoms with E-state index in [4.69, 9.17) is 9.11 Å². The second kappa shape index (κ2) is 6.10. The predicted molar refractivity (Wildman–Crippen MR) is 79.7 cm³/mol. The molecule has 0 bridgehead atoms. The van der Waals surface area contributed by atoms with Gasteiger partial charge in [0.05, 0.1) is 0 Å². The number of rotatable bonds is 2. The van der Waals surface area contributed by atoms with E-state index in [1.807, 2.05) is 13.8 Å². The Hall–Kier alpha value is -1.48. The third kappa shape index (κ3) is 3.79.